The molecule has 9 heteroatoms. The largest absolute Gasteiger partial charge is 2.00 e. The second kappa shape index (κ2) is 7.28. The molecule has 1 aliphatic rings. The van der Waals surface area contributed by atoms with Gasteiger partial charge in [0.15, 0.2) is 0 Å². The summed E-state index contributed by atoms with van der Waals surface area (Å²) in [6.45, 7) is 23.2. The van der Waals surface area contributed by atoms with Crippen molar-refractivity contribution in [2.75, 3.05) is 0 Å². The van der Waals surface area contributed by atoms with Crippen LogP contribution in [0.15, 0.2) is 49.1 Å². The third-order valence-electron chi connectivity index (χ3n) is 3.10. The van der Waals surface area contributed by atoms with Gasteiger partial charge in [-0.2, -0.15) is 0 Å². The van der Waals surface area contributed by atoms with E-state index in [9.17, 15) is 0 Å². The molecule has 0 atom stereocenters. The van der Waals surface area contributed by atoms with Crippen molar-refractivity contribution < 1.29 is 37.5 Å². The van der Waals surface area contributed by atoms with Crippen LogP contribution in [0, 0.1) is 0 Å². The van der Waals surface area contributed by atoms with Gasteiger partial charge in [0, 0.05) is 0 Å². The van der Waals surface area contributed by atoms with Crippen LogP contribution < -0.4 is 0 Å². The van der Waals surface area contributed by atoms with Crippen molar-refractivity contribution in [3.8, 4) is 0 Å². The fourth-order valence-electron chi connectivity index (χ4n) is 2.03. The van der Waals surface area contributed by atoms with Crippen LogP contribution in [-0.4, -0.2) is 34.2 Å². The van der Waals surface area contributed by atoms with Gasteiger partial charge in [0.1, 0.15) is 0 Å². The number of rotatable bonds is 4. The van der Waals surface area contributed by atoms with Crippen molar-refractivity contribution in [1.82, 2.24) is 0 Å². The molecule has 0 N–H and O–H groups in total. The normalized spacial score (nSPS) is 43.6. The first-order valence-corrected chi connectivity index (χ1v) is 16.0. The van der Waals surface area contributed by atoms with E-state index in [-0.39, 0.29) is 21.1 Å². The zero-order valence-electron chi connectivity index (χ0n) is 13.1. The van der Waals surface area contributed by atoms with E-state index in [2.05, 4.69) is 26.3 Å². The van der Waals surface area contributed by atoms with Crippen molar-refractivity contribution in [3.05, 3.63) is 49.1 Å². The minimum atomic E-state index is -2.60. The molecule has 0 radical (unpaired) electrons. The zero-order chi connectivity index (χ0) is 15.7. The summed E-state index contributed by atoms with van der Waals surface area (Å²) >= 11 is 0. The topological polar surface area (TPSA) is 36.9 Å². The van der Waals surface area contributed by atoms with E-state index in [1.54, 1.807) is 22.8 Å². The molecule has 0 bridgehead atoms. The van der Waals surface area contributed by atoms with Gasteiger partial charge >= 0.3 is 55.3 Å². The molecule has 0 spiro atoms. The van der Waals surface area contributed by atoms with Crippen molar-refractivity contribution in [1.29, 1.82) is 0 Å². The molecule has 0 aromatic heterocycles. The molecule has 1 heterocycles. The van der Waals surface area contributed by atoms with E-state index in [1.807, 2.05) is 26.2 Å². The van der Waals surface area contributed by atoms with E-state index >= 15 is 0 Å². The molecule has 0 aromatic carbocycles. The molecule has 0 aromatic rings. The number of hydrogen-bond acceptors (Lipinski definition) is 4. The minimum Gasteiger partial charge on any atom is -0.410 e. The molecule has 0 unspecified atom stereocenters. The van der Waals surface area contributed by atoms with Crippen molar-refractivity contribution >= 4 is 34.2 Å². The molecule has 0 aliphatic carbocycles. The Bertz CT molecular complexity index is 355. The van der Waals surface area contributed by atoms with Gasteiger partial charge in [-0.1, -0.05) is 22.8 Å². The van der Waals surface area contributed by atoms with Crippen molar-refractivity contribution in [3.63, 3.8) is 0 Å². The first kappa shape index (κ1) is 21.4. The molecule has 0 saturated carbocycles. The smallest absolute Gasteiger partial charge is 0.410 e. The average molecular weight is 540 g/mol. The Hall–Kier alpha value is 0.356. The van der Waals surface area contributed by atoms with Gasteiger partial charge in [0.05, 0.1) is 0 Å². The van der Waals surface area contributed by atoms with Gasteiger partial charge in [-0.3, -0.25) is 0 Å². The van der Waals surface area contributed by atoms with Crippen LogP contribution >= 0.6 is 0 Å². The maximum atomic E-state index is 6.25. The molecule has 1 saturated heterocycles. The Morgan fingerprint density at radius 2 is 0.667 bits per heavy atom. The van der Waals surface area contributed by atoms with E-state index in [4.69, 9.17) is 16.5 Å². The summed E-state index contributed by atoms with van der Waals surface area (Å²) < 4.78 is 25.0. The molecule has 0 amide bonds. The first-order chi connectivity index (χ1) is 9.07. The summed E-state index contributed by atoms with van der Waals surface area (Å²) in [5, 5.41) is 0. The standard InChI is InChI=1S/C12H24O4Si4.Pt/c1-9-17(5)13-18(6,10-2)15-20(8,12-4)16-19(7,11-3)14-17;/h9-12H,1-4H2,5-8H3;/q;+2. The third-order valence-corrected chi connectivity index (χ3v) is 19.0. The van der Waals surface area contributed by atoms with E-state index in [0.29, 0.717) is 0 Å². The molecule has 4 nitrogen and oxygen atoms in total. The Balaban J connectivity index is 0.00000400. The summed E-state index contributed by atoms with van der Waals surface area (Å²) in [4.78, 5) is 0. The van der Waals surface area contributed by atoms with Crippen LogP contribution in [0.3, 0.4) is 0 Å². The minimum absolute atomic E-state index is 0. The van der Waals surface area contributed by atoms with Crippen LogP contribution in [0.25, 0.3) is 0 Å². The van der Waals surface area contributed by atoms with Crippen molar-refractivity contribution in [2.45, 2.75) is 26.2 Å². The van der Waals surface area contributed by atoms with Gasteiger partial charge < -0.3 is 16.5 Å². The van der Waals surface area contributed by atoms with E-state index < -0.39 is 34.2 Å². The van der Waals surface area contributed by atoms with Crippen LogP contribution in [0.5, 0.6) is 0 Å². The summed E-state index contributed by atoms with van der Waals surface area (Å²) in [5.74, 6) is 0. The first-order valence-electron chi connectivity index (χ1n) is 6.42. The van der Waals surface area contributed by atoms with Gasteiger partial charge in [-0.15, -0.1) is 26.3 Å². The summed E-state index contributed by atoms with van der Waals surface area (Å²) in [5.41, 5.74) is 7.01. The molecule has 120 valence electrons. The fourth-order valence-corrected chi connectivity index (χ4v) is 19.7. The van der Waals surface area contributed by atoms with Gasteiger partial charge in [0.25, 0.3) is 0 Å². The SMILES string of the molecule is C=C[Si]1(C)O[Si](C)(C=C)O[Si](C)(C=C)O[Si](C)(C=C)O1.[Pt+2]. The van der Waals surface area contributed by atoms with Gasteiger partial charge in [-0.05, 0) is 26.2 Å². The fraction of sp³-hybridized carbons (Fsp3) is 0.333. The molecular weight excluding hydrogens is 516 g/mol. The molecule has 1 fully saturated rings. The van der Waals surface area contributed by atoms with Crippen LogP contribution in [0.4, 0.5) is 0 Å². The Kier molecular flexibility index (Phi) is 7.41. The maximum Gasteiger partial charge on any atom is 2.00 e. The average Bonchev–Trinajstić information content (AvgIpc) is 2.36. The summed E-state index contributed by atoms with van der Waals surface area (Å²) in [7, 11) is -10.4. The monoisotopic (exact) mass is 539 g/mol. The maximum absolute atomic E-state index is 6.25. The van der Waals surface area contributed by atoms with Crippen LogP contribution in [0.1, 0.15) is 0 Å². The Morgan fingerprint density at radius 1 is 0.524 bits per heavy atom. The summed E-state index contributed by atoms with van der Waals surface area (Å²) in [6.07, 6.45) is 0. The second-order valence-electron chi connectivity index (χ2n) is 5.29. The molecule has 1 rings (SSSR count). The predicted molar refractivity (Wildman–Crippen MR) is 91.6 cm³/mol. The predicted octanol–water partition coefficient (Wildman–Crippen LogP) is 3.25. The van der Waals surface area contributed by atoms with Gasteiger partial charge in [-0.25, -0.2) is 0 Å². The summed E-state index contributed by atoms with van der Waals surface area (Å²) in [6, 6.07) is 0. The van der Waals surface area contributed by atoms with Crippen LogP contribution in [0.2, 0.25) is 26.2 Å². The van der Waals surface area contributed by atoms with Gasteiger partial charge in [0.2, 0.25) is 0 Å². The molecule has 21 heavy (non-hydrogen) atoms. The van der Waals surface area contributed by atoms with Crippen molar-refractivity contribution in [2.24, 2.45) is 0 Å². The van der Waals surface area contributed by atoms with E-state index in [0.717, 1.165) is 0 Å². The van der Waals surface area contributed by atoms with E-state index in [1.165, 1.54) is 0 Å². The zero-order valence-corrected chi connectivity index (χ0v) is 19.4. The third kappa shape index (κ3) is 5.19. The molecule has 1 aliphatic heterocycles. The quantitative estimate of drug-likeness (QED) is 0.514. The molecular formula is C12H24O4PtSi4+2. The Labute approximate surface area is 146 Å². The van der Waals surface area contributed by atoms with Crippen LogP contribution in [-0.2, 0) is 37.5 Å². The Morgan fingerprint density at radius 3 is 0.762 bits per heavy atom. The number of hydrogen-bond donors (Lipinski definition) is 0. The second-order valence-corrected chi connectivity index (χ2v) is 18.3.